The number of nitrogens with zero attached hydrogens (tertiary/aromatic N) is 2. The van der Waals surface area contributed by atoms with Gasteiger partial charge in [-0.15, -0.1) is 11.3 Å². The molecule has 1 saturated heterocycles. The summed E-state index contributed by atoms with van der Waals surface area (Å²) in [7, 11) is 3.17. The minimum absolute atomic E-state index is 0.0267. The summed E-state index contributed by atoms with van der Waals surface area (Å²) in [6.45, 7) is 0.941. The molecule has 0 aliphatic carbocycles. The first-order valence-electron chi connectivity index (χ1n) is 11.0. The van der Waals surface area contributed by atoms with Crippen molar-refractivity contribution >= 4 is 23.2 Å². The van der Waals surface area contributed by atoms with E-state index < -0.39 is 5.82 Å². The lowest BCUT2D eigenvalue weighted by molar-refractivity contribution is -0.121. The molecule has 2 amide bonds. The normalized spacial score (nSPS) is 14.0. The molecule has 0 radical (unpaired) electrons. The van der Waals surface area contributed by atoms with E-state index in [1.54, 1.807) is 31.3 Å². The minimum Gasteiger partial charge on any atom is -0.493 e. The zero-order chi connectivity index (χ0) is 24.1. The van der Waals surface area contributed by atoms with Gasteiger partial charge in [0, 0.05) is 30.1 Å². The zero-order valence-corrected chi connectivity index (χ0v) is 19.9. The molecule has 178 valence electrons. The summed E-state index contributed by atoms with van der Waals surface area (Å²) in [5, 5.41) is 5.71. The van der Waals surface area contributed by atoms with Gasteiger partial charge in [-0.2, -0.15) is 0 Å². The van der Waals surface area contributed by atoms with Crippen LogP contribution in [-0.4, -0.2) is 55.0 Å². The summed E-state index contributed by atoms with van der Waals surface area (Å²) in [6, 6.07) is 11.6. The number of carbonyl (C=O) groups is 2. The lowest BCUT2D eigenvalue weighted by Gasteiger charge is -2.32. The molecule has 1 aliphatic heterocycles. The molecule has 1 N–H and O–H groups in total. The summed E-state index contributed by atoms with van der Waals surface area (Å²) < 4.78 is 24.5. The van der Waals surface area contributed by atoms with Gasteiger partial charge in [0.25, 0.3) is 5.91 Å². The molecule has 0 atom stereocenters. The van der Waals surface area contributed by atoms with Crippen molar-refractivity contribution in [2.75, 3.05) is 27.3 Å². The second-order valence-electron chi connectivity index (χ2n) is 8.00. The minimum atomic E-state index is -0.515. The fraction of sp³-hybridized carbons (Fsp3) is 0.320. The summed E-state index contributed by atoms with van der Waals surface area (Å²) in [4.78, 5) is 31.4. The SMILES string of the molecule is COc1ccc(-c2nc(CC(=O)NC3CCN(C(=O)c4ccccc4F)CC3)cs2)cc1OC. The first kappa shape index (κ1) is 23.7. The zero-order valence-electron chi connectivity index (χ0n) is 19.0. The highest BCUT2D eigenvalue weighted by Gasteiger charge is 2.26. The molecule has 2 aromatic carbocycles. The molecule has 1 aromatic heterocycles. The van der Waals surface area contributed by atoms with Crippen LogP contribution in [-0.2, 0) is 11.2 Å². The van der Waals surface area contributed by atoms with Crippen LogP contribution in [0.4, 0.5) is 4.39 Å². The van der Waals surface area contributed by atoms with Crippen molar-refractivity contribution in [2.24, 2.45) is 0 Å². The van der Waals surface area contributed by atoms with Gasteiger partial charge < -0.3 is 19.7 Å². The van der Waals surface area contributed by atoms with Crippen LogP contribution in [0.15, 0.2) is 47.8 Å². The average molecular weight is 484 g/mol. The van der Waals surface area contributed by atoms with Gasteiger partial charge in [0.2, 0.25) is 5.91 Å². The van der Waals surface area contributed by atoms with Crippen molar-refractivity contribution in [1.29, 1.82) is 0 Å². The Bertz CT molecular complexity index is 1170. The fourth-order valence-corrected chi connectivity index (χ4v) is 4.78. The summed E-state index contributed by atoms with van der Waals surface area (Å²) in [6.07, 6.45) is 1.43. The number of hydrogen-bond acceptors (Lipinski definition) is 6. The number of aromatic nitrogens is 1. The van der Waals surface area contributed by atoms with Gasteiger partial charge in [-0.05, 0) is 43.2 Å². The lowest BCUT2D eigenvalue weighted by Crippen LogP contribution is -2.47. The number of nitrogens with one attached hydrogen (secondary N) is 1. The second kappa shape index (κ2) is 10.6. The lowest BCUT2D eigenvalue weighted by atomic mass is 10.0. The molecular formula is C25H26FN3O4S. The first-order chi connectivity index (χ1) is 16.5. The van der Waals surface area contributed by atoms with Crippen LogP contribution in [0, 0.1) is 5.82 Å². The van der Waals surface area contributed by atoms with Crippen LogP contribution in [0.5, 0.6) is 11.5 Å². The van der Waals surface area contributed by atoms with E-state index in [0.29, 0.717) is 43.1 Å². The van der Waals surface area contributed by atoms with Crippen LogP contribution < -0.4 is 14.8 Å². The van der Waals surface area contributed by atoms with Crippen molar-refractivity contribution < 1.29 is 23.5 Å². The van der Waals surface area contributed by atoms with Crippen molar-refractivity contribution in [3.05, 3.63) is 64.9 Å². The third-order valence-corrected chi connectivity index (χ3v) is 6.72. The van der Waals surface area contributed by atoms with E-state index in [1.807, 2.05) is 23.6 Å². The van der Waals surface area contributed by atoms with Crippen molar-refractivity contribution in [1.82, 2.24) is 15.2 Å². The first-order valence-corrected chi connectivity index (χ1v) is 11.9. The number of likely N-dealkylation sites (tertiary alicyclic amines) is 1. The number of ether oxygens (including phenoxy) is 2. The predicted octanol–water partition coefficient (Wildman–Crippen LogP) is 3.93. The second-order valence-corrected chi connectivity index (χ2v) is 8.86. The maximum Gasteiger partial charge on any atom is 0.256 e. The Balaban J connectivity index is 1.29. The third kappa shape index (κ3) is 5.36. The highest BCUT2D eigenvalue weighted by molar-refractivity contribution is 7.13. The van der Waals surface area contributed by atoms with Crippen LogP contribution in [0.25, 0.3) is 10.6 Å². The molecule has 7 nitrogen and oxygen atoms in total. The topological polar surface area (TPSA) is 80.8 Å². The molecule has 3 aromatic rings. The molecule has 4 rings (SSSR count). The molecule has 2 heterocycles. The number of amides is 2. The van der Waals surface area contributed by atoms with Crippen LogP contribution >= 0.6 is 11.3 Å². The van der Waals surface area contributed by atoms with E-state index >= 15 is 0 Å². The van der Waals surface area contributed by atoms with Gasteiger partial charge in [-0.1, -0.05) is 12.1 Å². The number of rotatable bonds is 7. The molecular weight excluding hydrogens is 457 g/mol. The highest BCUT2D eigenvalue weighted by Crippen LogP contribution is 2.33. The maximum atomic E-state index is 13.9. The molecule has 0 bridgehead atoms. The maximum absolute atomic E-state index is 13.9. The number of benzene rings is 2. The Kier molecular flexibility index (Phi) is 7.42. The van der Waals surface area contributed by atoms with E-state index in [-0.39, 0.29) is 29.8 Å². The van der Waals surface area contributed by atoms with E-state index in [9.17, 15) is 14.0 Å². The van der Waals surface area contributed by atoms with Gasteiger partial charge in [0.1, 0.15) is 10.8 Å². The number of halogens is 1. The number of thiazole rings is 1. The van der Waals surface area contributed by atoms with Crippen molar-refractivity contribution in [3.8, 4) is 22.1 Å². The van der Waals surface area contributed by atoms with Gasteiger partial charge in [0.05, 0.1) is 31.9 Å². The van der Waals surface area contributed by atoms with E-state index in [2.05, 4.69) is 10.3 Å². The Morgan fingerprint density at radius 2 is 1.85 bits per heavy atom. The Labute approximate surface area is 201 Å². The standard InChI is InChI=1S/C25H26FN3O4S/c1-32-21-8-7-16(13-22(21)33-2)24-28-18(15-34-24)14-23(30)27-17-9-11-29(12-10-17)25(31)19-5-3-4-6-20(19)26/h3-8,13,15,17H,9-12,14H2,1-2H3,(H,27,30). The smallest absolute Gasteiger partial charge is 0.256 e. The van der Waals surface area contributed by atoms with Crippen LogP contribution in [0.1, 0.15) is 28.9 Å². The number of carbonyl (C=O) groups excluding carboxylic acids is 2. The number of methoxy groups -OCH3 is 2. The van der Waals surface area contributed by atoms with Gasteiger partial charge >= 0.3 is 0 Å². The summed E-state index contributed by atoms with van der Waals surface area (Å²) >= 11 is 1.46. The third-order valence-electron chi connectivity index (χ3n) is 5.78. The van der Waals surface area contributed by atoms with Crippen LogP contribution in [0.3, 0.4) is 0 Å². The van der Waals surface area contributed by atoms with E-state index in [4.69, 9.17) is 9.47 Å². The molecule has 0 saturated carbocycles. The van der Waals surface area contributed by atoms with E-state index in [0.717, 1.165) is 10.6 Å². The highest BCUT2D eigenvalue weighted by atomic mass is 32.1. The number of piperidine rings is 1. The quantitative estimate of drug-likeness (QED) is 0.551. The number of hydrogen-bond donors (Lipinski definition) is 1. The summed E-state index contributed by atoms with van der Waals surface area (Å²) in [5.41, 5.74) is 1.67. The van der Waals surface area contributed by atoms with Gasteiger partial charge in [-0.3, -0.25) is 9.59 Å². The van der Waals surface area contributed by atoms with E-state index in [1.165, 1.54) is 23.5 Å². The summed E-state index contributed by atoms with van der Waals surface area (Å²) in [5.74, 6) is 0.327. The molecule has 0 spiro atoms. The molecule has 34 heavy (non-hydrogen) atoms. The van der Waals surface area contributed by atoms with Crippen molar-refractivity contribution in [3.63, 3.8) is 0 Å². The predicted molar refractivity (Wildman–Crippen MR) is 128 cm³/mol. The Morgan fingerprint density at radius 1 is 1.12 bits per heavy atom. The molecule has 0 unspecified atom stereocenters. The fourth-order valence-electron chi connectivity index (χ4n) is 3.97. The van der Waals surface area contributed by atoms with Gasteiger partial charge in [-0.25, -0.2) is 9.37 Å². The Morgan fingerprint density at radius 3 is 2.56 bits per heavy atom. The molecule has 9 heteroatoms. The molecule has 1 aliphatic rings. The average Bonchev–Trinajstić information content (AvgIpc) is 3.32. The monoisotopic (exact) mass is 483 g/mol. The Hall–Kier alpha value is -3.46. The largest absolute Gasteiger partial charge is 0.493 e. The van der Waals surface area contributed by atoms with Crippen LogP contribution in [0.2, 0.25) is 0 Å². The molecule has 1 fully saturated rings. The van der Waals surface area contributed by atoms with Crippen molar-refractivity contribution in [2.45, 2.75) is 25.3 Å². The van der Waals surface area contributed by atoms with Gasteiger partial charge in [0.15, 0.2) is 11.5 Å².